The summed E-state index contributed by atoms with van der Waals surface area (Å²) in [6.45, 7) is 3.80. The maximum absolute atomic E-state index is 10.3. The van der Waals surface area contributed by atoms with E-state index >= 15 is 0 Å². The van der Waals surface area contributed by atoms with Gasteiger partial charge in [0.2, 0.25) is 0 Å². The van der Waals surface area contributed by atoms with Gasteiger partial charge in [-0.3, -0.25) is 0 Å². The second kappa shape index (κ2) is 3.50. The van der Waals surface area contributed by atoms with Crippen molar-refractivity contribution in [2.45, 2.75) is 31.8 Å². The topological polar surface area (TPSA) is 65.0 Å². The van der Waals surface area contributed by atoms with E-state index in [1.807, 2.05) is 26.0 Å². The van der Waals surface area contributed by atoms with Gasteiger partial charge in [0.15, 0.2) is 5.79 Å². The summed E-state index contributed by atoms with van der Waals surface area (Å²) >= 11 is 0. The molecule has 0 radical (unpaired) electrons. The first kappa shape index (κ1) is 10.4. The highest BCUT2D eigenvalue weighted by molar-refractivity contribution is 5.56. The predicted octanol–water partition coefficient (Wildman–Crippen LogP) is 1.39. The summed E-state index contributed by atoms with van der Waals surface area (Å²) in [5, 5.41) is 8.40. The monoisotopic (exact) mass is 214 g/mol. The van der Waals surface area contributed by atoms with Crippen molar-refractivity contribution >= 4 is 6.16 Å². The van der Waals surface area contributed by atoms with Gasteiger partial charge >= 0.3 is 6.16 Å². The van der Waals surface area contributed by atoms with Gasteiger partial charge in [0.25, 0.3) is 0 Å². The Hall–Kier alpha value is -1.07. The normalized spacial score (nSPS) is 36.5. The highest BCUT2D eigenvalue weighted by Gasteiger charge is 2.46. The predicted molar refractivity (Wildman–Crippen MR) is 50.4 cm³/mol. The van der Waals surface area contributed by atoms with Crippen LogP contribution in [0.2, 0.25) is 0 Å². The molecule has 2 rings (SSSR count). The summed E-state index contributed by atoms with van der Waals surface area (Å²) in [6, 6.07) is 0. The Balaban J connectivity index is 1.94. The van der Waals surface area contributed by atoms with Crippen molar-refractivity contribution in [2.24, 2.45) is 5.92 Å². The lowest BCUT2D eigenvalue weighted by Crippen LogP contribution is -2.28. The molecule has 1 aliphatic heterocycles. The van der Waals surface area contributed by atoms with E-state index in [9.17, 15) is 4.79 Å². The molecule has 15 heavy (non-hydrogen) atoms. The Morgan fingerprint density at radius 1 is 1.47 bits per heavy atom. The molecule has 1 N–H and O–H groups in total. The molecule has 0 aromatic heterocycles. The molecule has 5 nitrogen and oxygen atoms in total. The molecule has 84 valence electrons. The van der Waals surface area contributed by atoms with E-state index in [4.69, 9.17) is 14.6 Å². The number of carboxylic acid groups (broad SMARTS) is 1. The van der Waals surface area contributed by atoms with Gasteiger partial charge in [-0.2, -0.15) is 0 Å². The van der Waals surface area contributed by atoms with Crippen LogP contribution in [0.4, 0.5) is 4.79 Å². The van der Waals surface area contributed by atoms with Crippen molar-refractivity contribution in [1.82, 2.24) is 0 Å². The van der Waals surface area contributed by atoms with Gasteiger partial charge in [-0.15, -0.1) is 0 Å². The van der Waals surface area contributed by atoms with Gasteiger partial charge < -0.3 is 19.3 Å². The zero-order chi connectivity index (χ0) is 11.1. The Morgan fingerprint density at radius 2 is 2.20 bits per heavy atom. The highest BCUT2D eigenvalue weighted by atomic mass is 16.8. The second-order valence-corrected chi connectivity index (χ2v) is 4.19. The largest absolute Gasteiger partial charge is 0.505 e. The molecule has 1 aliphatic carbocycles. The van der Waals surface area contributed by atoms with E-state index in [0.29, 0.717) is 0 Å². The van der Waals surface area contributed by atoms with Crippen LogP contribution in [0.3, 0.4) is 0 Å². The third-order valence-electron chi connectivity index (χ3n) is 2.53. The number of hydrogen-bond acceptors (Lipinski definition) is 4. The molecule has 1 saturated heterocycles. The lowest BCUT2D eigenvalue weighted by atomic mass is 10.1. The van der Waals surface area contributed by atoms with Crippen molar-refractivity contribution in [1.29, 1.82) is 0 Å². The van der Waals surface area contributed by atoms with Gasteiger partial charge in [0, 0.05) is 5.92 Å². The first-order valence-electron chi connectivity index (χ1n) is 4.88. The third kappa shape index (κ3) is 2.13. The quantitative estimate of drug-likeness (QED) is 0.555. The number of hydrogen-bond donors (Lipinski definition) is 1. The fourth-order valence-corrected chi connectivity index (χ4v) is 1.98. The van der Waals surface area contributed by atoms with Crippen LogP contribution in [-0.4, -0.2) is 35.9 Å². The van der Waals surface area contributed by atoms with E-state index in [1.165, 1.54) is 0 Å². The Bertz CT molecular complexity index is 296. The van der Waals surface area contributed by atoms with Crippen LogP contribution in [-0.2, 0) is 14.2 Å². The molecule has 5 heteroatoms. The molecule has 1 fully saturated rings. The van der Waals surface area contributed by atoms with Crippen LogP contribution in [0, 0.1) is 5.92 Å². The lowest BCUT2D eigenvalue weighted by molar-refractivity contribution is -0.149. The molecule has 0 aromatic rings. The molecule has 1 heterocycles. The Kier molecular flexibility index (Phi) is 2.44. The minimum absolute atomic E-state index is 0.0483. The average molecular weight is 214 g/mol. The van der Waals surface area contributed by atoms with Crippen LogP contribution >= 0.6 is 0 Å². The summed E-state index contributed by atoms with van der Waals surface area (Å²) in [5.41, 5.74) is 0. The van der Waals surface area contributed by atoms with Gasteiger partial charge in [-0.25, -0.2) is 4.79 Å². The van der Waals surface area contributed by atoms with E-state index in [0.717, 1.165) is 0 Å². The third-order valence-corrected chi connectivity index (χ3v) is 2.53. The highest BCUT2D eigenvalue weighted by Crippen LogP contribution is 2.37. The van der Waals surface area contributed by atoms with E-state index in [-0.39, 0.29) is 24.7 Å². The smallest absolute Gasteiger partial charge is 0.450 e. The van der Waals surface area contributed by atoms with Crippen LogP contribution in [0.15, 0.2) is 12.2 Å². The van der Waals surface area contributed by atoms with Crippen molar-refractivity contribution in [3.63, 3.8) is 0 Å². The van der Waals surface area contributed by atoms with Crippen LogP contribution < -0.4 is 0 Å². The van der Waals surface area contributed by atoms with Crippen LogP contribution in [0.5, 0.6) is 0 Å². The fraction of sp³-hybridized carbons (Fsp3) is 0.700. The zero-order valence-corrected chi connectivity index (χ0v) is 8.67. The maximum atomic E-state index is 10.3. The van der Waals surface area contributed by atoms with Crippen molar-refractivity contribution in [3.8, 4) is 0 Å². The molecular formula is C10H14O5. The average Bonchev–Trinajstić information content (AvgIpc) is 2.56. The Labute approximate surface area is 87.6 Å². The molecule has 0 aromatic carbocycles. The first-order chi connectivity index (χ1) is 6.98. The Morgan fingerprint density at radius 3 is 2.87 bits per heavy atom. The van der Waals surface area contributed by atoms with E-state index in [1.54, 1.807) is 0 Å². The van der Waals surface area contributed by atoms with Crippen LogP contribution in [0.1, 0.15) is 13.8 Å². The van der Waals surface area contributed by atoms with Crippen molar-refractivity contribution in [3.05, 3.63) is 12.2 Å². The summed E-state index contributed by atoms with van der Waals surface area (Å²) in [5.74, 6) is -0.644. The number of fused-ring (bicyclic) bond motifs is 1. The van der Waals surface area contributed by atoms with Crippen molar-refractivity contribution < 1.29 is 24.1 Å². The standard InChI is InChI=1S/C10H14O5/c1-10(2)14-7-4-3-6(8(7)15-10)5-13-9(11)12/h3-4,6-8H,5H2,1-2H3,(H,11,12)/t6-,7+,8+/m0/s1. The summed E-state index contributed by atoms with van der Waals surface area (Å²) in [6.07, 6.45) is 2.31. The first-order valence-corrected chi connectivity index (χ1v) is 4.88. The summed E-state index contributed by atoms with van der Waals surface area (Å²) in [4.78, 5) is 10.3. The van der Waals surface area contributed by atoms with Gasteiger partial charge in [-0.05, 0) is 13.8 Å². The molecule has 0 unspecified atom stereocenters. The SMILES string of the molecule is CC1(C)O[C@@H]2[C@H](COC(=O)O)C=C[C@H]2O1. The van der Waals surface area contributed by atoms with Gasteiger partial charge in [0.1, 0.15) is 18.8 Å². The number of carbonyl (C=O) groups is 1. The zero-order valence-electron chi connectivity index (χ0n) is 8.67. The van der Waals surface area contributed by atoms with Crippen molar-refractivity contribution in [2.75, 3.05) is 6.61 Å². The fourth-order valence-electron chi connectivity index (χ4n) is 1.98. The molecule has 0 saturated carbocycles. The van der Waals surface area contributed by atoms with Crippen LogP contribution in [0.25, 0.3) is 0 Å². The van der Waals surface area contributed by atoms with E-state index < -0.39 is 11.9 Å². The van der Waals surface area contributed by atoms with E-state index in [2.05, 4.69) is 4.74 Å². The summed E-state index contributed by atoms with van der Waals surface area (Å²) < 4.78 is 15.8. The second-order valence-electron chi connectivity index (χ2n) is 4.19. The van der Waals surface area contributed by atoms with Gasteiger partial charge in [0.05, 0.1) is 0 Å². The molecular weight excluding hydrogens is 200 g/mol. The molecule has 3 atom stereocenters. The minimum atomic E-state index is -1.26. The lowest BCUT2D eigenvalue weighted by Gasteiger charge is -2.20. The minimum Gasteiger partial charge on any atom is -0.450 e. The molecule has 0 bridgehead atoms. The number of ether oxygens (including phenoxy) is 3. The molecule has 0 amide bonds. The van der Waals surface area contributed by atoms with Gasteiger partial charge in [-0.1, -0.05) is 12.2 Å². The molecule has 0 spiro atoms. The summed E-state index contributed by atoms with van der Waals surface area (Å²) in [7, 11) is 0. The maximum Gasteiger partial charge on any atom is 0.505 e. The number of rotatable bonds is 2. The molecule has 2 aliphatic rings.